The van der Waals surface area contributed by atoms with Gasteiger partial charge in [-0.15, -0.1) is 0 Å². The van der Waals surface area contributed by atoms with Crippen LogP contribution in [0.15, 0.2) is 36.5 Å². The van der Waals surface area contributed by atoms with Gasteiger partial charge in [0, 0.05) is 37.1 Å². The normalized spacial score (nSPS) is 17.0. The lowest BCUT2D eigenvalue weighted by Crippen LogP contribution is -2.42. The highest BCUT2D eigenvalue weighted by Crippen LogP contribution is 2.19. The monoisotopic (exact) mass is 347 g/mol. The van der Waals surface area contributed by atoms with Crippen molar-refractivity contribution < 1.29 is 13.2 Å². The smallest absolute Gasteiger partial charge is 0.223 e. The van der Waals surface area contributed by atoms with Gasteiger partial charge >= 0.3 is 0 Å². The zero-order valence-electron chi connectivity index (χ0n) is 13.6. The van der Waals surface area contributed by atoms with Crippen molar-refractivity contribution in [1.82, 2.24) is 14.6 Å². The van der Waals surface area contributed by atoms with Gasteiger partial charge in [-0.1, -0.05) is 18.2 Å². The van der Waals surface area contributed by atoms with E-state index in [1.807, 2.05) is 30.3 Å². The maximum Gasteiger partial charge on any atom is 0.223 e. The maximum atomic E-state index is 12.3. The van der Waals surface area contributed by atoms with Crippen LogP contribution in [0.1, 0.15) is 18.4 Å². The lowest BCUT2D eigenvalue weighted by atomic mass is 9.97. The fourth-order valence-electron chi connectivity index (χ4n) is 3.00. The molecular formula is C17H21N3O3S. The van der Waals surface area contributed by atoms with Crippen LogP contribution in [-0.2, 0) is 21.4 Å². The summed E-state index contributed by atoms with van der Waals surface area (Å²) in [6.45, 7) is 1.26. The predicted octanol–water partition coefficient (Wildman–Crippen LogP) is 1.52. The first-order valence-corrected chi connectivity index (χ1v) is 9.85. The topological polar surface area (TPSA) is 79.4 Å². The summed E-state index contributed by atoms with van der Waals surface area (Å²) in [5, 5.41) is 3.99. The van der Waals surface area contributed by atoms with Crippen molar-refractivity contribution in [3.05, 3.63) is 42.1 Å². The molecule has 128 valence electrons. The Morgan fingerprint density at radius 3 is 2.71 bits per heavy atom. The van der Waals surface area contributed by atoms with Crippen molar-refractivity contribution in [3.8, 4) is 0 Å². The van der Waals surface area contributed by atoms with Crippen LogP contribution < -0.4 is 5.32 Å². The van der Waals surface area contributed by atoms with Crippen LogP contribution in [0, 0.1) is 5.92 Å². The number of nitrogens with one attached hydrogen (secondary N) is 1. The third-order valence-corrected chi connectivity index (χ3v) is 5.71. The second kappa shape index (κ2) is 6.86. The molecule has 1 amide bonds. The summed E-state index contributed by atoms with van der Waals surface area (Å²) in [5.41, 5.74) is 1.89. The Bertz CT molecular complexity index is 843. The van der Waals surface area contributed by atoms with E-state index in [2.05, 4.69) is 10.3 Å². The van der Waals surface area contributed by atoms with E-state index in [4.69, 9.17) is 0 Å². The molecule has 24 heavy (non-hydrogen) atoms. The van der Waals surface area contributed by atoms with E-state index < -0.39 is 10.0 Å². The van der Waals surface area contributed by atoms with E-state index in [9.17, 15) is 13.2 Å². The molecule has 0 radical (unpaired) electrons. The van der Waals surface area contributed by atoms with Crippen molar-refractivity contribution in [1.29, 1.82) is 0 Å². The van der Waals surface area contributed by atoms with Crippen molar-refractivity contribution >= 4 is 26.8 Å². The number of benzene rings is 1. The Labute approximate surface area is 141 Å². The molecule has 1 aliphatic heterocycles. The Hall–Kier alpha value is -1.99. The van der Waals surface area contributed by atoms with Crippen LogP contribution >= 0.6 is 0 Å². The summed E-state index contributed by atoms with van der Waals surface area (Å²) < 4.78 is 24.4. The largest absolute Gasteiger partial charge is 0.352 e. The molecule has 0 bridgehead atoms. The molecule has 7 heteroatoms. The number of sulfonamides is 1. The number of carbonyl (C=O) groups is 1. The van der Waals surface area contributed by atoms with Gasteiger partial charge in [-0.05, 0) is 30.5 Å². The second-order valence-electron chi connectivity index (χ2n) is 6.19. The summed E-state index contributed by atoms with van der Waals surface area (Å²) in [6, 6.07) is 9.87. The molecule has 1 fully saturated rings. The number of piperidine rings is 1. The summed E-state index contributed by atoms with van der Waals surface area (Å²) in [5.74, 6) is -0.146. The van der Waals surface area contributed by atoms with Gasteiger partial charge in [0.1, 0.15) is 0 Å². The van der Waals surface area contributed by atoms with Crippen LogP contribution in [0.3, 0.4) is 0 Å². The SMILES string of the molecule is CS(=O)(=O)N1CCC(C(=O)NCc2cnc3ccccc3c2)CC1. The molecule has 0 aliphatic carbocycles. The molecule has 3 rings (SSSR count). The van der Waals surface area contributed by atoms with E-state index in [1.54, 1.807) is 6.20 Å². The quantitative estimate of drug-likeness (QED) is 0.909. The average molecular weight is 347 g/mol. The molecule has 2 aromatic rings. The number of carbonyl (C=O) groups excluding carboxylic acids is 1. The van der Waals surface area contributed by atoms with Crippen LogP contribution in [0.4, 0.5) is 0 Å². The van der Waals surface area contributed by atoms with Gasteiger partial charge in [0.15, 0.2) is 0 Å². The van der Waals surface area contributed by atoms with E-state index in [0.717, 1.165) is 16.5 Å². The summed E-state index contributed by atoms with van der Waals surface area (Å²) in [4.78, 5) is 16.7. The van der Waals surface area contributed by atoms with Gasteiger partial charge in [0.25, 0.3) is 0 Å². The number of rotatable bonds is 4. The lowest BCUT2D eigenvalue weighted by Gasteiger charge is -2.29. The molecule has 1 aromatic carbocycles. The number of amides is 1. The third kappa shape index (κ3) is 3.91. The summed E-state index contributed by atoms with van der Waals surface area (Å²) >= 11 is 0. The molecule has 1 aromatic heterocycles. The minimum atomic E-state index is -3.16. The highest BCUT2D eigenvalue weighted by molar-refractivity contribution is 7.88. The molecule has 0 unspecified atom stereocenters. The minimum Gasteiger partial charge on any atom is -0.352 e. The second-order valence-corrected chi connectivity index (χ2v) is 8.17. The molecule has 0 spiro atoms. The standard InChI is InChI=1S/C17H21N3O3S/c1-24(22,23)20-8-6-14(7-9-20)17(21)19-12-13-10-15-4-2-3-5-16(15)18-11-13/h2-5,10-11,14H,6-9,12H2,1H3,(H,19,21). The van der Waals surface area contributed by atoms with Gasteiger partial charge in [0.05, 0.1) is 11.8 Å². The molecule has 1 N–H and O–H groups in total. The molecule has 2 heterocycles. The Balaban J connectivity index is 1.55. The highest BCUT2D eigenvalue weighted by Gasteiger charge is 2.28. The molecular weight excluding hydrogens is 326 g/mol. The predicted molar refractivity (Wildman–Crippen MR) is 92.7 cm³/mol. The molecule has 1 aliphatic rings. The van der Waals surface area contributed by atoms with E-state index in [0.29, 0.717) is 32.5 Å². The van der Waals surface area contributed by atoms with E-state index in [1.165, 1.54) is 10.6 Å². The van der Waals surface area contributed by atoms with Crippen LogP contribution in [-0.4, -0.2) is 43.0 Å². The van der Waals surface area contributed by atoms with E-state index in [-0.39, 0.29) is 11.8 Å². The fraction of sp³-hybridized carbons (Fsp3) is 0.412. The van der Waals surface area contributed by atoms with Gasteiger partial charge in [-0.25, -0.2) is 12.7 Å². The lowest BCUT2D eigenvalue weighted by molar-refractivity contribution is -0.126. The molecule has 6 nitrogen and oxygen atoms in total. The first-order valence-electron chi connectivity index (χ1n) is 8.00. The molecule has 0 saturated carbocycles. The van der Waals surface area contributed by atoms with Crippen LogP contribution in [0.25, 0.3) is 10.9 Å². The van der Waals surface area contributed by atoms with Gasteiger partial charge in [-0.2, -0.15) is 0 Å². The summed E-state index contributed by atoms with van der Waals surface area (Å²) in [7, 11) is -3.16. The first kappa shape index (κ1) is 16.9. The Morgan fingerprint density at radius 2 is 2.00 bits per heavy atom. The fourth-order valence-corrected chi connectivity index (χ4v) is 3.87. The average Bonchev–Trinajstić information content (AvgIpc) is 2.59. The number of fused-ring (bicyclic) bond motifs is 1. The third-order valence-electron chi connectivity index (χ3n) is 4.41. The highest BCUT2D eigenvalue weighted by atomic mass is 32.2. The molecule has 0 atom stereocenters. The van der Waals surface area contributed by atoms with E-state index >= 15 is 0 Å². The number of hydrogen-bond donors (Lipinski definition) is 1. The minimum absolute atomic E-state index is 0.0173. The van der Waals surface area contributed by atoms with Gasteiger partial charge < -0.3 is 5.32 Å². The number of pyridine rings is 1. The van der Waals surface area contributed by atoms with Crippen LogP contribution in [0.2, 0.25) is 0 Å². The van der Waals surface area contributed by atoms with Crippen molar-refractivity contribution in [3.63, 3.8) is 0 Å². The zero-order chi connectivity index (χ0) is 17.2. The first-order chi connectivity index (χ1) is 11.4. The number of aromatic nitrogens is 1. The van der Waals surface area contributed by atoms with Gasteiger partial charge in [0.2, 0.25) is 15.9 Å². The van der Waals surface area contributed by atoms with Gasteiger partial charge in [-0.3, -0.25) is 9.78 Å². The molecule has 1 saturated heterocycles. The number of hydrogen-bond acceptors (Lipinski definition) is 4. The Morgan fingerprint density at radius 1 is 1.29 bits per heavy atom. The maximum absolute atomic E-state index is 12.3. The number of nitrogens with zero attached hydrogens (tertiary/aromatic N) is 2. The summed E-state index contributed by atoms with van der Waals surface area (Å²) in [6.07, 6.45) is 4.11. The van der Waals surface area contributed by atoms with Crippen LogP contribution in [0.5, 0.6) is 0 Å². The number of para-hydroxylation sites is 1. The zero-order valence-corrected chi connectivity index (χ0v) is 14.4. The van der Waals surface area contributed by atoms with Crippen molar-refractivity contribution in [2.24, 2.45) is 5.92 Å². The van der Waals surface area contributed by atoms with Crippen molar-refractivity contribution in [2.75, 3.05) is 19.3 Å². The Kier molecular flexibility index (Phi) is 4.82. The van der Waals surface area contributed by atoms with Crippen molar-refractivity contribution in [2.45, 2.75) is 19.4 Å².